The van der Waals surface area contributed by atoms with Gasteiger partial charge in [-0.05, 0) is 43.2 Å². The minimum atomic E-state index is -0.225. The molecule has 6 heteroatoms. The summed E-state index contributed by atoms with van der Waals surface area (Å²) in [5, 5.41) is 7.30. The molecule has 0 saturated carbocycles. The summed E-state index contributed by atoms with van der Waals surface area (Å²) in [5.74, 6) is 0.526. The third-order valence-corrected chi connectivity index (χ3v) is 4.11. The van der Waals surface area contributed by atoms with Gasteiger partial charge in [0.15, 0.2) is 5.82 Å². The number of carbonyl (C=O) groups is 1. The van der Waals surface area contributed by atoms with Gasteiger partial charge < -0.3 is 9.84 Å². The van der Waals surface area contributed by atoms with E-state index in [2.05, 4.69) is 15.5 Å². The molecule has 2 aromatic carbocycles. The van der Waals surface area contributed by atoms with E-state index in [0.29, 0.717) is 22.4 Å². The molecular weight excluding hydrogens is 326 g/mol. The smallest absolute Gasteiger partial charge is 0.258 e. The van der Waals surface area contributed by atoms with Gasteiger partial charge in [0.2, 0.25) is 5.91 Å². The van der Waals surface area contributed by atoms with E-state index in [4.69, 9.17) is 16.1 Å². The highest BCUT2D eigenvalue weighted by molar-refractivity contribution is 6.31. The molecular formula is C18H16ClN3O2. The van der Waals surface area contributed by atoms with Crippen LogP contribution in [0.1, 0.15) is 17.0 Å². The number of halogens is 1. The number of nitrogens with one attached hydrogen (secondary N) is 1. The van der Waals surface area contributed by atoms with Gasteiger partial charge in [-0.25, -0.2) is 0 Å². The molecule has 0 radical (unpaired) electrons. The lowest BCUT2D eigenvalue weighted by molar-refractivity contribution is -0.115. The first-order valence-corrected chi connectivity index (χ1v) is 7.86. The summed E-state index contributed by atoms with van der Waals surface area (Å²) in [6.45, 7) is 3.82. The van der Waals surface area contributed by atoms with Crippen molar-refractivity contribution < 1.29 is 9.32 Å². The Hall–Kier alpha value is -2.66. The van der Waals surface area contributed by atoms with Gasteiger partial charge in [0.1, 0.15) is 0 Å². The van der Waals surface area contributed by atoms with Crippen molar-refractivity contribution in [1.82, 2.24) is 10.1 Å². The van der Waals surface area contributed by atoms with E-state index in [9.17, 15) is 4.79 Å². The number of carbonyl (C=O) groups excluding carboxylic acids is 1. The standard InChI is InChI=1S/C18H16ClN3O2/c1-11-6-3-4-7-13(11)18-21-16(22-24-18)10-17(23)20-15-9-5-8-14(19)12(15)2/h3-9H,10H2,1-2H3,(H,20,23). The average molecular weight is 342 g/mol. The van der Waals surface area contributed by atoms with E-state index in [1.165, 1.54) is 0 Å². The third-order valence-electron chi connectivity index (χ3n) is 3.70. The quantitative estimate of drug-likeness (QED) is 0.772. The zero-order valence-electron chi connectivity index (χ0n) is 13.3. The van der Waals surface area contributed by atoms with Crippen LogP contribution in [0.4, 0.5) is 5.69 Å². The molecule has 24 heavy (non-hydrogen) atoms. The van der Waals surface area contributed by atoms with Crippen LogP contribution in [0, 0.1) is 13.8 Å². The monoisotopic (exact) mass is 341 g/mol. The largest absolute Gasteiger partial charge is 0.334 e. The van der Waals surface area contributed by atoms with Crippen LogP contribution in [0.25, 0.3) is 11.5 Å². The molecule has 3 rings (SSSR count). The Morgan fingerprint density at radius 3 is 2.75 bits per heavy atom. The van der Waals surface area contributed by atoms with Crippen LogP contribution in [0.15, 0.2) is 47.0 Å². The van der Waals surface area contributed by atoms with Gasteiger partial charge in [0.05, 0.1) is 6.42 Å². The Kier molecular flexibility index (Phi) is 4.62. The van der Waals surface area contributed by atoms with E-state index in [-0.39, 0.29) is 12.3 Å². The molecule has 0 aliphatic rings. The summed E-state index contributed by atoms with van der Waals surface area (Å²) in [4.78, 5) is 16.5. The summed E-state index contributed by atoms with van der Waals surface area (Å²) >= 11 is 6.05. The summed E-state index contributed by atoms with van der Waals surface area (Å²) < 4.78 is 5.26. The number of aryl methyl sites for hydroxylation is 1. The minimum Gasteiger partial charge on any atom is -0.334 e. The molecule has 1 amide bonds. The predicted octanol–water partition coefficient (Wildman–Crippen LogP) is 4.19. The molecule has 0 saturated heterocycles. The number of rotatable bonds is 4. The van der Waals surface area contributed by atoms with Gasteiger partial charge in [0.25, 0.3) is 5.89 Å². The van der Waals surface area contributed by atoms with Crippen molar-refractivity contribution in [2.45, 2.75) is 20.3 Å². The average Bonchev–Trinajstić information content (AvgIpc) is 3.00. The van der Waals surface area contributed by atoms with Gasteiger partial charge in [-0.3, -0.25) is 4.79 Å². The molecule has 1 aromatic heterocycles. The van der Waals surface area contributed by atoms with Crippen molar-refractivity contribution >= 4 is 23.2 Å². The van der Waals surface area contributed by atoms with E-state index < -0.39 is 0 Å². The summed E-state index contributed by atoms with van der Waals surface area (Å²) in [7, 11) is 0. The predicted molar refractivity (Wildman–Crippen MR) is 93.0 cm³/mol. The molecule has 122 valence electrons. The Labute approximate surface area is 144 Å². The topological polar surface area (TPSA) is 68.0 Å². The Morgan fingerprint density at radius 2 is 1.96 bits per heavy atom. The van der Waals surface area contributed by atoms with Crippen LogP contribution < -0.4 is 5.32 Å². The summed E-state index contributed by atoms with van der Waals surface area (Å²) in [6, 6.07) is 13.1. The van der Waals surface area contributed by atoms with Gasteiger partial charge in [-0.2, -0.15) is 4.98 Å². The fourth-order valence-corrected chi connectivity index (χ4v) is 2.50. The second-order valence-electron chi connectivity index (χ2n) is 5.47. The van der Waals surface area contributed by atoms with E-state index >= 15 is 0 Å². The molecule has 0 spiro atoms. The van der Waals surface area contributed by atoms with Gasteiger partial charge in [-0.15, -0.1) is 0 Å². The highest BCUT2D eigenvalue weighted by Crippen LogP contribution is 2.23. The number of hydrogen-bond donors (Lipinski definition) is 1. The number of hydrogen-bond acceptors (Lipinski definition) is 4. The van der Waals surface area contributed by atoms with E-state index in [1.54, 1.807) is 18.2 Å². The molecule has 1 heterocycles. The maximum Gasteiger partial charge on any atom is 0.258 e. The van der Waals surface area contributed by atoms with E-state index in [0.717, 1.165) is 16.7 Å². The van der Waals surface area contributed by atoms with Gasteiger partial charge >= 0.3 is 0 Å². The highest BCUT2D eigenvalue weighted by Gasteiger charge is 2.14. The molecule has 0 aliphatic heterocycles. The van der Waals surface area contributed by atoms with Crippen LogP contribution in [0.3, 0.4) is 0 Å². The van der Waals surface area contributed by atoms with Crippen molar-refractivity contribution in [2.24, 2.45) is 0 Å². The first kappa shape index (κ1) is 16.2. The molecule has 0 fully saturated rings. The number of benzene rings is 2. The zero-order valence-corrected chi connectivity index (χ0v) is 14.1. The number of amides is 1. The Bertz CT molecular complexity index is 889. The molecule has 0 atom stereocenters. The fraction of sp³-hybridized carbons (Fsp3) is 0.167. The highest BCUT2D eigenvalue weighted by atomic mass is 35.5. The molecule has 3 aromatic rings. The minimum absolute atomic E-state index is 0.0291. The summed E-state index contributed by atoms with van der Waals surface area (Å²) in [5.41, 5.74) is 3.39. The van der Waals surface area contributed by atoms with Crippen LogP contribution in [-0.4, -0.2) is 16.0 Å². The first-order valence-electron chi connectivity index (χ1n) is 7.48. The number of aromatic nitrogens is 2. The lowest BCUT2D eigenvalue weighted by Gasteiger charge is -2.08. The number of nitrogens with zero attached hydrogens (tertiary/aromatic N) is 2. The van der Waals surface area contributed by atoms with Crippen LogP contribution in [-0.2, 0) is 11.2 Å². The van der Waals surface area contributed by atoms with Crippen molar-refractivity contribution in [3.63, 3.8) is 0 Å². The lowest BCUT2D eigenvalue weighted by Crippen LogP contribution is -2.16. The maximum absolute atomic E-state index is 12.2. The molecule has 0 unspecified atom stereocenters. The maximum atomic E-state index is 12.2. The Morgan fingerprint density at radius 1 is 1.17 bits per heavy atom. The van der Waals surface area contributed by atoms with Crippen molar-refractivity contribution in [1.29, 1.82) is 0 Å². The van der Waals surface area contributed by atoms with Gasteiger partial charge in [-0.1, -0.05) is 41.0 Å². The number of anilines is 1. The second-order valence-corrected chi connectivity index (χ2v) is 5.88. The van der Waals surface area contributed by atoms with Gasteiger partial charge in [0, 0.05) is 16.3 Å². The second kappa shape index (κ2) is 6.84. The van der Waals surface area contributed by atoms with Crippen LogP contribution in [0.2, 0.25) is 5.02 Å². The normalized spacial score (nSPS) is 10.6. The van der Waals surface area contributed by atoms with Crippen molar-refractivity contribution in [3.8, 4) is 11.5 Å². The lowest BCUT2D eigenvalue weighted by atomic mass is 10.1. The Balaban J connectivity index is 1.72. The fourth-order valence-electron chi connectivity index (χ4n) is 2.33. The molecule has 5 nitrogen and oxygen atoms in total. The molecule has 0 aliphatic carbocycles. The third kappa shape index (κ3) is 3.46. The SMILES string of the molecule is Cc1ccccc1-c1nc(CC(=O)Nc2cccc(Cl)c2C)no1. The van der Waals surface area contributed by atoms with Crippen molar-refractivity contribution in [3.05, 3.63) is 64.4 Å². The van der Waals surface area contributed by atoms with Crippen LogP contribution in [0.5, 0.6) is 0 Å². The summed E-state index contributed by atoms with van der Waals surface area (Å²) in [6.07, 6.45) is 0.0291. The van der Waals surface area contributed by atoms with Crippen LogP contribution >= 0.6 is 11.6 Å². The first-order chi connectivity index (χ1) is 11.5. The zero-order chi connectivity index (χ0) is 17.1. The molecule has 0 bridgehead atoms. The molecule has 1 N–H and O–H groups in total. The van der Waals surface area contributed by atoms with E-state index in [1.807, 2.05) is 38.1 Å². The van der Waals surface area contributed by atoms with Crippen molar-refractivity contribution in [2.75, 3.05) is 5.32 Å².